The Bertz CT molecular complexity index is 364. The first-order valence-corrected chi connectivity index (χ1v) is 4.13. The molecule has 1 rings (SSSR count). The third-order valence-electron chi connectivity index (χ3n) is 1.86. The van der Waals surface area contributed by atoms with Gasteiger partial charge in [0.25, 0.3) is 0 Å². The van der Waals surface area contributed by atoms with Crippen LogP contribution in [0.3, 0.4) is 0 Å². The van der Waals surface area contributed by atoms with Gasteiger partial charge in [0.05, 0.1) is 6.04 Å². The first kappa shape index (κ1) is 11.3. The third kappa shape index (κ3) is 2.84. The highest BCUT2D eigenvalue weighted by molar-refractivity contribution is 5.19. The van der Waals surface area contributed by atoms with Crippen molar-refractivity contribution in [2.75, 3.05) is 0 Å². The molecule has 0 aromatic carbocycles. The SMILES string of the molecule is CC(NC#N)c1ccc(C(F)(F)F)nc1. The molecule has 80 valence electrons. The van der Waals surface area contributed by atoms with Crippen molar-refractivity contribution in [2.24, 2.45) is 0 Å². The molecule has 0 fully saturated rings. The second-order valence-corrected chi connectivity index (χ2v) is 2.95. The summed E-state index contributed by atoms with van der Waals surface area (Å²) in [6.07, 6.45) is -1.61. The van der Waals surface area contributed by atoms with Crippen molar-refractivity contribution < 1.29 is 13.2 Å². The molecule has 1 N–H and O–H groups in total. The van der Waals surface area contributed by atoms with Crippen LogP contribution in [0.5, 0.6) is 0 Å². The molecule has 1 atom stereocenters. The van der Waals surface area contributed by atoms with Gasteiger partial charge >= 0.3 is 6.18 Å². The topological polar surface area (TPSA) is 48.7 Å². The van der Waals surface area contributed by atoms with Crippen LogP contribution < -0.4 is 5.32 Å². The summed E-state index contributed by atoms with van der Waals surface area (Å²) in [7, 11) is 0. The van der Waals surface area contributed by atoms with E-state index in [1.807, 2.05) is 0 Å². The summed E-state index contributed by atoms with van der Waals surface area (Å²) in [6.45, 7) is 1.66. The van der Waals surface area contributed by atoms with E-state index < -0.39 is 11.9 Å². The van der Waals surface area contributed by atoms with Crippen molar-refractivity contribution in [2.45, 2.75) is 19.1 Å². The molecule has 0 spiro atoms. The molecule has 0 aliphatic heterocycles. The molecule has 1 unspecified atom stereocenters. The zero-order valence-corrected chi connectivity index (χ0v) is 7.84. The zero-order valence-electron chi connectivity index (χ0n) is 7.84. The van der Waals surface area contributed by atoms with Gasteiger partial charge in [0.1, 0.15) is 5.69 Å². The first-order valence-electron chi connectivity index (χ1n) is 4.13. The molecular weight excluding hydrogens is 207 g/mol. The molecule has 0 bridgehead atoms. The van der Waals surface area contributed by atoms with Gasteiger partial charge in [-0.15, -0.1) is 0 Å². The summed E-state index contributed by atoms with van der Waals surface area (Å²) in [5.41, 5.74) is -0.403. The molecule has 0 saturated heterocycles. The van der Waals surface area contributed by atoms with Crippen molar-refractivity contribution in [1.82, 2.24) is 10.3 Å². The fourth-order valence-electron chi connectivity index (χ4n) is 1.01. The third-order valence-corrected chi connectivity index (χ3v) is 1.86. The zero-order chi connectivity index (χ0) is 11.5. The Morgan fingerprint density at radius 1 is 1.47 bits per heavy atom. The Labute approximate surface area is 84.5 Å². The number of halogens is 3. The standard InChI is InChI=1S/C9H8F3N3/c1-6(15-5-13)7-2-3-8(14-4-7)9(10,11)12/h2-4,6,15H,1H3. The van der Waals surface area contributed by atoms with Gasteiger partial charge in [0.2, 0.25) is 0 Å². The van der Waals surface area contributed by atoms with Crippen LogP contribution in [-0.2, 0) is 6.18 Å². The lowest BCUT2D eigenvalue weighted by Gasteiger charge is -2.10. The Balaban J connectivity index is 2.87. The summed E-state index contributed by atoms with van der Waals surface area (Å²) in [5, 5.41) is 10.7. The van der Waals surface area contributed by atoms with Crippen molar-refractivity contribution in [3.63, 3.8) is 0 Å². The number of nitrogens with one attached hydrogen (secondary N) is 1. The summed E-state index contributed by atoms with van der Waals surface area (Å²) in [6, 6.07) is 1.85. The largest absolute Gasteiger partial charge is 0.433 e. The lowest BCUT2D eigenvalue weighted by atomic mass is 10.1. The summed E-state index contributed by atoms with van der Waals surface area (Å²) < 4.78 is 36.4. The van der Waals surface area contributed by atoms with E-state index in [4.69, 9.17) is 5.26 Å². The fourth-order valence-corrected chi connectivity index (χ4v) is 1.01. The Hall–Kier alpha value is -1.77. The van der Waals surface area contributed by atoms with E-state index in [2.05, 4.69) is 10.3 Å². The van der Waals surface area contributed by atoms with E-state index >= 15 is 0 Å². The van der Waals surface area contributed by atoms with Gasteiger partial charge in [-0.05, 0) is 18.6 Å². The van der Waals surface area contributed by atoms with Crippen molar-refractivity contribution in [3.8, 4) is 6.19 Å². The molecule has 0 amide bonds. The Morgan fingerprint density at radius 3 is 2.53 bits per heavy atom. The summed E-state index contributed by atoms with van der Waals surface area (Å²) >= 11 is 0. The minimum atomic E-state index is -4.43. The minimum Gasteiger partial charge on any atom is -0.317 e. The van der Waals surface area contributed by atoms with E-state index in [9.17, 15) is 13.2 Å². The van der Waals surface area contributed by atoms with Crippen LogP contribution in [0, 0.1) is 11.5 Å². The van der Waals surface area contributed by atoms with E-state index in [1.54, 1.807) is 13.1 Å². The minimum absolute atomic E-state index is 0.343. The predicted octanol–water partition coefficient (Wildman–Crippen LogP) is 2.23. The number of hydrogen-bond acceptors (Lipinski definition) is 3. The molecule has 0 aliphatic carbocycles. The monoisotopic (exact) mass is 215 g/mol. The normalized spacial score (nSPS) is 13.0. The highest BCUT2D eigenvalue weighted by Crippen LogP contribution is 2.27. The maximum atomic E-state index is 12.1. The fraction of sp³-hybridized carbons (Fsp3) is 0.333. The maximum absolute atomic E-state index is 12.1. The molecule has 1 aromatic rings. The molecule has 1 heterocycles. The number of nitriles is 1. The van der Waals surface area contributed by atoms with Crippen molar-refractivity contribution >= 4 is 0 Å². The van der Waals surface area contributed by atoms with Gasteiger partial charge in [-0.3, -0.25) is 4.98 Å². The van der Waals surface area contributed by atoms with E-state index in [0.717, 1.165) is 12.3 Å². The van der Waals surface area contributed by atoms with Crippen LogP contribution in [0.15, 0.2) is 18.3 Å². The molecule has 15 heavy (non-hydrogen) atoms. The van der Waals surface area contributed by atoms with Crippen LogP contribution in [0.4, 0.5) is 13.2 Å². The highest BCUT2D eigenvalue weighted by Gasteiger charge is 2.32. The molecule has 1 aromatic heterocycles. The van der Waals surface area contributed by atoms with Crippen LogP contribution in [-0.4, -0.2) is 4.98 Å². The van der Waals surface area contributed by atoms with Gasteiger partial charge in [0.15, 0.2) is 6.19 Å². The second-order valence-electron chi connectivity index (χ2n) is 2.95. The average Bonchev–Trinajstić information content (AvgIpc) is 2.17. The van der Waals surface area contributed by atoms with E-state index in [1.165, 1.54) is 6.07 Å². The predicted molar refractivity (Wildman–Crippen MR) is 46.4 cm³/mol. The van der Waals surface area contributed by atoms with Crippen molar-refractivity contribution in [3.05, 3.63) is 29.6 Å². The number of aromatic nitrogens is 1. The number of rotatable bonds is 2. The van der Waals surface area contributed by atoms with Gasteiger partial charge in [-0.2, -0.15) is 18.4 Å². The maximum Gasteiger partial charge on any atom is 0.433 e. The number of alkyl halides is 3. The number of pyridine rings is 1. The lowest BCUT2D eigenvalue weighted by molar-refractivity contribution is -0.141. The molecule has 0 saturated carbocycles. The van der Waals surface area contributed by atoms with Crippen LogP contribution in [0.1, 0.15) is 24.2 Å². The van der Waals surface area contributed by atoms with Crippen LogP contribution >= 0.6 is 0 Å². The van der Waals surface area contributed by atoms with Crippen molar-refractivity contribution in [1.29, 1.82) is 5.26 Å². The van der Waals surface area contributed by atoms with Gasteiger partial charge in [-0.25, -0.2) is 0 Å². The van der Waals surface area contributed by atoms with Gasteiger partial charge in [-0.1, -0.05) is 6.07 Å². The average molecular weight is 215 g/mol. The molecule has 6 heteroatoms. The second kappa shape index (κ2) is 4.17. The molecular formula is C9H8F3N3. The molecule has 3 nitrogen and oxygen atoms in total. The summed E-state index contributed by atoms with van der Waals surface area (Å²) in [4.78, 5) is 3.28. The van der Waals surface area contributed by atoms with E-state index in [-0.39, 0.29) is 6.04 Å². The Morgan fingerprint density at radius 2 is 2.13 bits per heavy atom. The van der Waals surface area contributed by atoms with E-state index in [0.29, 0.717) is 5.56 Å². The number of nitrogens with zero attached hydrogens (tertiary/aromatic N) is 2. The molecule has 0 radical (unpaired) electrons. The lowest BCUT2D eigenvalue weighted by Crippen LogP contribution is -2.13. The van der Waals surface area contributed by atoms with Gasteiger partial charge < -0.3 is 5.32 Å². The smallest absolute Gasteiger partial charge is 0.317 e. The van der Waals surface area contributed by atoms with Gasteiger partial charge in [0, 0.05) is 6.20 Å². The van der Waals surface area contributed by atoms with Crippen LogP contribution in [0.2, 0.25) is 0 Å². The number of hydrogen-bond donors (Lipinski definition) is 1. The Kier molecular flexibility index (Phi) is 3.14. The molecule has 0 aliphatic rings. The highest BCUT2D eigenvalue weighted by atomic mass is 19.4. The van der Waals surface area contributed by atoms with Crippen LogP contribution in [0.25, 0.3) is 0 Å². The first-order chi connectivity index (χ1) is 6.95. The summed E-state index contributed by atoms with van der Waals surface area (Å²) in [5.74, 6) is 0. The quantitative estimate of drug-likeness (QED) is 0.607.